The molecule has 0 bridgehead atoms. The van der Waals surface area contributed by atoms with Crippen molar-refractivity contribution in [1.82, 2.24) is 19.9 Å². The normalized spacial score (nSPS) is 17.0. The molecule has 0 radical (unpaired) electrons. The summed E-state index contributed by atoms with van der Waals surface area (Å²) in [7, 11) is 0. The molecule has 1 amide bonds. The molecule has 0 aliphatic carbocycles. The Labute approximate surface area is 284 Å². The molecule has 12 heteroatoms. The van der Waals surface area contributed by atoms with E-state index in [9.17, 15) is 9.59 Å². The highest BCUT2D eigenvalue weighted by molar-refractivity contribution is 6.08. The summed E-state index contributed by atoms with van der Waals surface area (Å²) in [5.41, 5.74) is 11.1. The van der Waals surface area contributed by atoms with E-state index in [4.69, 9.17) is 25.4 Å². The van der Waals surface area contributed by atoms with Crippen molar-refractivity contribution in [2.45, 2.75) is 32.4 Å². The van der Waals surface area contributed by atoms with E-state index < -0.39 is 5.91 Å². The van der Waals surface area contributed by atoms with Gasteiger partial charge in [0, 0.05) is 79.6 Å². The first kappa shape index (κ1) is 33.7. The number of hydrogen-bond donors (Lipinski definition) is 4. The van der Waals surface area contributed by atoms with Crippen LogP contribution >= 0.6 is 0 Å². The second kappa shape index (κ2) is 15.8. The number of ether oxygens (including phenoxy) is 3. The van der Waals surface area contributed by atoms with Gasteiger partial charge in [0.25, 0.3) is 5.91 Å². The quantitative estimate of drug-likeness (QED) is 0.169. The molecule has 12 nitrogen and oxygen atoms in total. The first-order valence-electron chi connectivity index (χ1n) is 16.4. The fourth-order valence-corrected chi connectivity index (χ4v) is 5.89. The lowest BCUT2D eigenvalue weighted by Crippen LogP contribution is -2.35. The molecule has 4 aromatic rings. The van der Waals surface area contributed by atoms with Gasteiger partial charge in [-0.2, -0.15) is 0 Å². The van der Waals surface area contributed by atoms with Crippen LogP contribution < -0.4 is 21.8 Å². The van der Waals surface area contributed by atoms with Gasteiger partial charge >= 0.3 is 0 Å². The number of rotatable bonds is 11. The summed E-state index contributed by atoms with van der Waals surface area (Å²) in [6.07, 6.45) is 11.4. The second-order valence-electron chi connectivity index (χ2n) is 12.3. The first-order chi connectivity index (χ1) is 23.9. The van der Waals surface area contributed by atoms with E-state index in [0.29, 0.717) is 85.7 Å². The molecule has 2 aliphatic heterocycles. The summed E-state index contributed by atoms with van der Waals surface area (Å²) in [4.78, 5) is 36.2. The highest BCUT2D eigenvalue weighted by atomic mass is 16.6. The van der Waals surface area contributed by atoms with E-state index >= 15 is 0 Å². The van der Waals surface area contributed by atoms with Crippen molar-refractivity contribution >= 4 is 29.2 Å². The molecule has 0 saturated carbocycles. The van der Waals surface area contributed by atoms with Crippen LogP contribution in [-0.4, -0.2) is 72.3 Å². The monoisotopic (exact) mass is 663 g/mol. The molecule has 2 fully saturated rings. The van der Waals surface area contributed by atoms with Crippen molar-refractivity contribution in [1.29, 1.82) is 5.41 Å². The number of nitrogen functional groups attached to an aromatic ring is 1. The minimum atomic E-state index is -0.518. The number of pyridine rings is 3. The third kappa shape index (κ3) is 8.47. The molecule has 1 aromatic carbocycles. The zero-order chi connectivity index (χ0) is 34.2. The Bertz CT molecular complexity index is 1860. The molecule has 2 aliphatic rings. The van der Waals surface area contributed by atoms with Crippen LogP contribution in [0, 0.1) is 18.3 Å². The van der Waals surface area contributed by atoms with E-state index in [0.717, 1.165) is 24.0 Å². The molecule has 5 N–H and O–H groups in total. The molecular weight excluding hydrogens is 622 g/mol. The number of aromatic nitrogens is 3. The van der Waals surface area contributed by atoms with E-state index in [1.54, 1.807) is 30.7 Å². The Morgan fingerprint density at radius 2 is 1.84 bits per heavy atom. The summed E-state index contributed by atoms with van der Waals surface area (Å²) in [5.74, 6) is 0.148. The Morgan fingerprint density at radius 1 is 1.02 bits per heavy atom. The number of nitrogens with one attached hydrogen (secondary N) is 3. The van der Waals surface area contributed by atoms with Gasteiger partial charge < -0.3 is 40.6 Å². The van der Waals surface area contributed by atoms with Crippen LogP contribution in [0.25, 0.3) is 28.0 Å². The standard InChI is InChI=1S/C37H41N7O5/c1-24-2-4-26(5-3-24)32-21-44(20-25-8-10-47-11-9-25)22-33(35(32)45)37(46)43-29-6-7-34(41-18-29)31-14-27(17-42-36(31)39)28(15-38)16-40-19-30-23-48-12-13-49-30/h2-7,14-18,21-22,25,30,38,40H,8-13,19-20,23H2,1H3,(H2,39,42)(H,43,46)/b28-16+,38-15?/t30-/m0/s1. The molecule has 3 aromatic heterocycles. The minimum Gasteiger partial charge on any atom is -0.388 e. The van der Waals surface area contributed by atoms with Gasteiger partial charge in [-0.3, -0.25) is 14.6 Å². The van der Waals surface area contributed by atoms with E-state index in [-0.39, 0.29) is 22.9 Å². The molecule has 0 unspecified atom stereocenters. The number of carbonyl (C=O) groups excluding carboxylic acids is 1. The predicted octanol–water partition coefficient (Wildman–Crippen LogP) is 4.54. The number of nitrogens with zero attached hydrogens (tertiary/aromatic N) is 3. The van der Waals surface area contributed by atoms with Crippen molar-refractivity contribution in [2.24, 2.45) is 5.92 Å². The fourth-order valence-electron chi connectivity index (χ4n) is 5.89. The van der Waals surface area contributed by atoms with E-state index in [1.165, 1.54) is 12.4 Å². The van der Waals surface area contributed by atoms with Crippen molar-refractivity contribution in [3.8, 4) is 22.4 Å². The summed E-state index contributed by atoms with van der Waals surface area (Å²) in [6, 6.07) is 13.0. The number of allylic oxidation sites excluding steroid dienone is 1. The maximum Gasteiger partial charge on any atom is 0.261 e. The number of nitrogens with two attached hydrogens (primary N) is 1. The highest BCUT2D eigenvalue weighted by Gasteiger charge is 2.20. The number of aryl methyl sites for hydroxylation is 1. The van der Waals surface area contributed by atoms with Crippen LogP contribution in [0.1, 0.15) is 34.3 Å². The molecule has 1 atom stereocenters. The summed E-state index contributed by atoms with van der Waals surface area (Å²) < 4.78 is 18.6. The SMILES string of the molecule is Cc1ccc(-c2cn(CC3CCOCC3)cc(C(=O)Nc3ccc(-c4cc(/C(C=N)=C/NC[C@H]5COCCO5)cnc4N)nc3)c2=O)cc1. The largest absolute Gasteiger partial charge is 0.388 e. The van der Waals surface area contributed by atoms with Crippen molar-refractivity contribution in [3.05, 3.63) is 100 Å². The van der Waals surface area contributed by atoms with Crippen LogP contribution in [-0.2, 0) is 20.8 Å². The molecule has 6 rings (SSSR count). The maximum absolute atomic E-state index is 13.7. The number of amides is 1. The van der Waals surface area contributed by atoms with Gasteiger partial charge in [0.05, 0.1) is 43.5 Å². The molecule has 254 valence electrons. The lowest BCUT2D eigenvalue weighted by Gasteiger charge is -2.23. The van der Waals surface area contributed by atoms with Gasteiger partial charge in [0.15, 0.2) is 0 Å². The van der Waals surface area contributed by atoms with Gasteiger partial charge in [-0.15, -0.1) is 0 Å². The summed E-state index contributed by atoms with van der Waals surface area (Å²) >= 11 is 0. The minimum absolute atomic E-state index is 0.0532. The highest BCUT2D eigenvalue weighted by Crippen LogP contribution is 2.27. The Morgan fingerprint density at radius 3 is 2.55 bits per heavy atom. The third-order valence-electron chi connectivity index (χ3n) is 8.69. The lowest BCUT2D eigenvalue weighted by molar-refractivity contribution is -0.0853. The lowest BCUT2D eigenvalue weighted by atomic mass is 9.99. The van der Waals surface area contributed by atoms with Crippen molar-refractivity contribution < 1.29 is 19.0 Å². The average Bonchev–Trinajstić information content (AvgIpc) is 3.13. The van der Waals surface area contributed by atoms with E-state index in [1.807, 2.05) is 48.0 Å². The molecule has 5 heterocycles. The number of benzene rings is 1. The zero-order valence-corrected chi connectivity index (χ0v) is 27.5. The number of carbonyl (C=O) groups is 1. The van der Waals surface area contributed by atoms with Crippen LogP contribution in [0.4, 0.5) is 11.5 Å². The van der Waals surface area contributed by atoms with Gasteiger partial charge in [0.1, 0.15) is 11.4 Å². The molecular formula is C37H41N7O5. The zero-order valence-electron chi connectivity index (χ0n) is 27.5. The van der Waals surface area contributed by atoms with Gasteiger partial charge in [-0.05, 0) is 49.4 Å². The van der Waals surface area contributed by atoms with Crippen molar-refractivity contribution in [2.75, 3.05) is 50.6 Å². The summed E-state index contributed by atoms with van der Waals surface area (Å²) in [5, 5.41) is 14.0. The maximum atomic E-state index is 13.7. The predicted molar refractivity (Wildman–Crippen MR) is 190 cm³/mol. The second-order valence-corrected chi connectivity index (χ2v) is 12.3. The molecule has 2 saturated heterocycles. The van der Waals surface area contributed by atoms with Crippen LogP contribution in [0.3, 0.4) is 0 Å². The Balaban J connectivity index is 1.20. The Hall–Kier alpha value is -5.17. The molecule has 49 heavy (non-hydrogen) atoms. The number of anilines is 2. The van der Waals surface area contributed by atoms with Crippen LogP contribution in [0.2, 0.25) is 0 Å². The van der Waals surface area contributed by atoms with Crippen LogP contribution in [0.5, 0.6) is 0 Å². The third-order valence-corrected chi connectivity index (χ3v) is 8.69. The Kier molecular flexibility index (Phi) is 10.9. The van der Waals surface area contributed by atoms with Gasteiger partial charge in [-0.25, -0.2) is 4.98 Å². The van der Waals surface area contributed by atoms with Crippen molar-refractivity contribution in [3.63, 3.8) is 0 Å². The number of hydrogen-bond acceptors (Lipinski definition) is 10. The van der Waals surface area contributed by atoms with Crippen LogP contribution in [0.15, 0.2) is 78.2 Å². The smallest absolute Gasteiger partial charge is 0.261 e. The van der Waals surface area contributed by atoms with Gasteiger partial charge in [-0.1, -0.05) is 29.8 Å². The topological polar surface area (TPSA) is 166 Å². The van der Waals surface area contributed by atoms with Gasteiger partial charge in [0.2, 0.25) is 5.43 Å². The average molecular weight is 664 g/mol. The van der Waals surface area contributed by atoms with E-state index in [2.05, 4.69) is 20.6 Å². The molecule has 0 spiro atoms. The fraction of sp³-hybridized carbons (Fsp3) is 0.324. The summed E-state index contributed by atoms with van der Waals surface area (Å²) in [6.45, 7) is 6.32. The first-order valence-corrected chi connectivity index (χ1v) is 16.4.